The smallest absolute Gasteiger partial charge is 0.478 e. The zero-order chi connectivity index (χ0) is 14.5. The molecule has 0 aliphatic carbocycles. The first kappa shape index (κ1) is 13.4. The van der Waals surface area contributed by atoms with Crippen LogP contribution in [-0.2, 0) is 0 Å². The molecule has 0 bridgehead atoms. The Morgan fingerprint density at radius 1 is 1.00 bits per heavy atom. The Labute approximate surface area is 114 Å². The fourth-order valence-electron chi connectivity index (χ4n) is 1.47. The molecular weight excluding hydrogens is 262 g/mol. The molecular formula is C14H11NO5. The summed E-state index contributed by atoms with van der Waals surface area (Å²) in [5.41, 5.74) is 5.65. The fraction of sp³-hybridized carbons (Fsp3) is 0. The Kier molecular flexibility index (Phi) is 3.85. The van der Waals surface area contributed by atoms with E-state index in [1.165, 1.54) is 18.2 Å². The van der Waals surface area contributed by atoms with E-state index in [2.05, 4.69) is 0 Å². The molecule has 2 rings (SSSR count). The number of carbonyl (C=O) groups excluding carboxylic acids is 1. The number of para-hydroxylation sites is 1. The van der Waals surface area contributed by atoms with Crippen molar-refractivity contribution in [3.63, 3.8) is 0 Å². The number of carboxylic acid groups (broad SMARTS) is 1. The van der Waals surface area contributed by atoms with Crippen molar-refractivity contribution in [3.8, 4) is 11.5 Å². The van der Waals surface area contributed by atoms with Crippen molar-refractivity contribution in [2.75, 3.05) is 5.73 Å². The molecule has 0 radical (unpaired) electrons. The van der Waals surface area contributed by atoms with Gasteiger partial charge in [0.25, 0.3) is 0 Å². The molecule has 0 aliphatic heterocycles. The summed E-state index contributed by atoms with van der Waals surface area (Å²) in [4.78, 5) is 22.3. The van der Waals surface area contributed by atoms with Crippen LogP contribution < -0.4 is 15.2 Å². The molecule has 0 unspecified atom stereocenters. The van der Waals surface area contributed by atoms with Gasteiger partial charge in [-0.25, -0.2) is 9.59 Å². The third kappa shape index (κ3) is 3.26. The standard InChI is InChI=1S/C14H11NO5/c15-11-8-9(13(16)17)6-7-12(11)20-14(18)19-10-4-2-1-3-5-10/h1-8H,15H2,(H,16,17). The van der Waals surface area contributed by atoms with Gasteiger partial charge in [0.2, 0.25) is 0 Å². The van der Waals surface area contributed by atoms with Gasteiger partial charge in [0, 0.05) is 0 Å². The lowest BCUT2D eigenvalue weighted by molar-refractivity contribution is 0.0697. The Morgan fingerprint density at radius 3 is 2.30 bits per heavy atom. The Hall–Kier alpha value is -3.02. The molecule has 3 N–H and O–H groups in total. The van der Waals surface area contributed by atoms with Gasteiger partial charge in [-0.2, -0.15) is 0 Å². The summed E-state index contributed by atoms with van der Waals surface area (Å²) >= 11 is 0. The minimum absolute atomic E-state index is 0.00581. The molecule has 6 heteroatoms. The molecule has 0 atom stereocenters. The number of carboxylic acids is 1. The number of nitrogen functional groups attached to an aromatic ring is 1. The maximum Gasteiger partial charge on any atom is 0.519 e. The average Bonchev–Trinajstić information content (AvgIpc) is 2.42. The number of anilines is 1. The zero-order valence-corrected chi connectivity index (χ0v) is 10.3. The highest BCUT2D eigenvalue weighted by Crippen LogP contribution is 2.23. The van der Waals surface area contributed by atoms with E-state index in [0.29, 0.717) is 5.75 Å². The average molecular weight is 273 g/mol. The van der Waals surface area contributed by atoms with Gasteiger partial charge >= 0.3 is 12.1 Å². The number of aromatic carboxylic acids is 1. The minimum atomic E-state index is -1.12. The second-order valence-electron chi connectivity index (χ2n) is 3.82. The van der Waals surface area contributed by atoms with Crippen LogP contribution in [0.25, 0.3) is 0 Å². The van der Waals surface area contributed by atoms with Crippen molar-refractivity contribution >= 4 is 17.8 Å². The van der Waals surface area contributed by atoms with E-state index in [-0.39, 0.29) is 17.0 Å². The molecule has 0 aromatic heterocycles. The number of carbonyl (C=O) groups is 2. The van der Waals surface area contributed by atoms with E-state index in [0.717, 1.165) is 0 Å². The quantitative estimate of drug-likeness (QED) is 0.506. The van der Waals surface area contributed by atoms with Crippen LogP contribution in [0.15, 0.2) is 48.5 Å². The van der Waals surface area contributed by atoms with Gasteiger partial charge in [-0.3, -0.25) is 0 Å². The normalized spacial score (nSPS) is 9.80. The maximum atomic E-state index is 11.5. The predicted molar refractivity (Wildman–Crippen MR) is 70.9 cm³/mol. The molecule has 102 valence electrons. The lowest BCUT2D eigenvalue weighted by Crippen LogP contribution is -2.14. The number of hydrogen-bond acceptors (Lipinski definition) is 5. The molecule has 0 saturated heterocycles. The molecule has 0 amide bonds. The lowest BCUT2D eigenvalue weighted by Gasteiger charge is -2.08. The van der Waals surface area contributed by atoms with E-state index in [4.69, 9.17) is 20.3 Å². The van der Waals surface area contributed by atoms with Crippen molar-refractivity contribution in [1.82, 2.24) is 0 Å². The second-order valence-corrected chi connectivity index (χ2v) is 3.82. The maximum absolute atomic E-state index is 11.5. The minimum Gasteiger partial charge on any atom is -0.478 e. The summed E-state index contributed by atoms with van der Waals surface area (Å²) in [6, 6.07) is 12.2. The van der Waals surface area contributed by atoms with Crippen molar-refractivity contribution < 1.29 is 24.2 Å². The van der Waals surface area contributed by atoms with Crippen molar-refractivity contribution in [2.45, 2.75) is 0 Å². The van der Waals surface area contributed by atoms with Gasteiger partial charge in [0.15, 0.2) is 5.75 Å². The van der Waals surface area contributed by atoms with Gasteiger partial charge < -0.3 is 20.3 Å². The number of hydrogen-bond donors (Lipinski definition) is 2. The Balaban J connectivity index is 2.06. The molecule has 0 saturated carbocycles. The van der Waals surface area contributed by atoms with E-state index < -0.39 is 12.1 Å². The summed E-state index contributed by atoms with van der Waals surface area (Å²) in [6.07, 6.45) is -0.953. The SMILES string of the molecule is Nc1cc(C(=O)O)ccc1OC(=O)Oc1ccccc1. The van der Waals surface area contributed by atoms with E-state index in [1.807, 2.05) is 0 Å². The van der Waals surface area contributed by atoms with Crippen molar-refractivity contribution in [1.29, 1.82) is 0 Å². The van der Waals surface area contributed by atoms with Crippen LogP contribution in [0.2, 0.25) is 0 Å². The zero-order valence-electron chi connectivity index (χ0n) is 10.3. The summed E-state index contributed by atoms with van der Waals surface area (Å²) in [6.45, 7) is 0. The molecule has 0 spiro atoms. The highest BCUT2D eigenvalue weighted by molar-refractivity contribution is 5.89. The summed E-state index contributed by atoms with van der Waals surface area (Å²) < 4.78 is 9.82. The van der Waals surface area contributed by atoms with Crippen LogP contribution >= 0.6 is 0 Å². The number of benzene rings is 2. The van der Waals surface area contributed by atoms with Gasteiger partial charge in [-0.15, -0.1) is 0 Å². The lowest BCUT2D eigenvalue weighted by atomic mass is 10.2. The molecule has 0 heterocycles. The molecule has 2 aromatic rings. The molecule has 2 aromatic carbocycles. The first-order chi connectivity index (χ1) is 9.56. The molecule has 0 aliphatic rings. The molecule has 6 nitrogen and oxygen atoms in total. The van der Waals surface area contributed by atoms with Crippen LogP contribution in [0.5, 0.6) is 11.5 Å². The number of ether oxygens (including phenoxy) is 2. The highest BCUT2D eigenvalue weighted by Gasteiger charge is 2.12. The van der Waals surface area contributed by atoms with Crippen LogP contribution in [0.4, 0.5) is 10.5 Å². The Morgan fingerprint density at radius 2 is 1.70 bits per heavy atom. The predicted octanol–water partition coefficient (Wildman–Crippen LogP) is 2.54. The van der Waals surface area contributed by atoms with E-state index in [1.54, 1.807) is 30.3 Å². The molecule has 0 fully saturated rings. The van der Waals surface area contributed by atoms with Crippen LogP contribution in [0.1, 0.15) is 10.4 Å². The third-order valence-corrected chi connectivity index (χ3v) is 2.39. The summed E-state index contributed by atoms with van der Waals surface area (Å²) in [5, 5.41) is 8.79. The third-order valence-electron chi connectivity index (χ3n) is 2.39. The Bertz CT molecular complexity index is 639. The fourth-order valence-corrected chi connectivity index (χ4v) is 1.47. The number of nitrogens with two attached hydrogens (primary N) is 1. The number of rotatable bonds is 3. The van der Waals surface area contributed by atoms with Gasteiger partial charge in [-0.05, 0) is 30.3 Å². The highest BCUT2D eigenvalue weighted by atomic mass is 16.7. The van der Waals surface area contributed by atoms with Gasteiger partial charge in [0.1, 0.15) is 5.75 Å². The van der Waals surface area contributed by atoms with E-state index in [9.17, 15) is 9.59 Å². The van der Waals surface area contributed by atoms with E-state index >= 15 is 0 Å². The van der Waals surface area contributed by atoms with Crippen LogP contribution in [0, 0.1) is 0 Å². The first-order valence-corrected chi connectivity index (χ1v) is 5.64. The summed E-state index contributed by atoms with van der Waals surface area (Å²) in [7, 11) is 0. The monoisotopic (exact) mass is 273 g/mol. The largest absolute Gasteiger partial charge is 0.519 e. The van der Waals surface area contributed by atoms with Crippen LogP contribution in [0.3, 0.4) is 0 Å². The van der Waals surface area contributed by atoms with Gasteiger partial charge in [-0.1, -0.05) is 18.2 Å². The van der Waals surface area contributed by atoms with Crippen molar-refractivity contribution in [3.05, 3.63) is 54.1 Å². The second kappa shape index (κ2) is 5.75. The molecule has 20 heavy (non-hydrogen) atoms. The first-order valence-electron chi connectivity index (χ1n) is 5.64. The topological polar surface area (TPSA) is 98.9 Å². The summed E-state index contributed by atoms with van der Waals surface area (Å²) in [5.74, 6) is -0.746. The van der Waals surface area contributed by atoms with Crippen LogP contribution in [-0.4, -0.2) is 17.2 Å². The van der Waals surface area contributed by atoms with Gasteiger partial charge in [0.05, 0.1) is 11.3 Å². The van der Waals surface area contributed by atoms with Crippen molar-refractivity contribution in [2.24, 2.45) is 0 Å².